The van der Waals surface area contributed by atoms with E-state index in [9.17, 15) is 0 Å². The zero-order valence-electron chi connectivity index (χ0n) is 9.50. The Morgan fingerprint density at radius 3 is 2.94 bits per heavy atom. The van der Waals surface area contributed by atoms with Gasteiger partial charge in [-0.1, -0.05) is 6.07 Å². The lowest BCUT2D eigenvalue weighted by molar-refractivity contribution is 0.729. The van der Waals surface area contributed by atoms with Gasteiger partial charge in [-0.15, -0.1) is 0 Å². The molecule has 3 nitrogen and oxygen atoms in total. The van der Waals surface area contributed by atoms with Gasteiger partial charge in [0.05, 0.1) is 12.2 Å². The first-order chi connectivity index (χ1) is 7.74. The summed E-state index contributed by atoms with van der Waals surface area (Å²) in [6, 6.07) is 8.30. The minimum atomic E-state index is 0.214. The van der Waals surface area contributed by atoms with E-state index in [1.54, 1.807) is 0 Å². The highest BCUT2D eigenvalue weighted by molar-refractivity contribution is 5.13. The number of rotatable bonds is 4. The third kappa shape index (κ3) is 2.94. The highest BCUT2D eigenvalue weighted by Gasteiger charge is 2.01. The molecule has 1 unspecified atom stereocenters. The van der Waals surface area contributed by atoms with Gasteiger partial charge in [0.15, 0.2) is 0 Å². The molecule has 0 aliphatic carbocycles. The van der Waals surface area contributed by atoms with E-state index >= 15 is 0 Å². The second-order valence-corrected chi connectivity index (χ2v) is 4.19. The van der Waals surface area contributed by atoms with E-state index in [-0.39, 0.29) is 6.04 Å². The van der Waals surface area contributed by atoms with E-state index < -0.39 is 0 Å². The van der Waals surface area contributed by atoms with Gasteiger partial charge >= 0.3 is 0 Å². The minimum absolute atomic E-state index is 0.214. The molecule has 2 heterocycles. The predicted molar refractivity (Wildman–Crippen MR) is 65.1 cm³/mol. The van der Waals surface area contributed by atoms with Crippen LogP contribution in [0.1, 0.15) is 18.2 Å². The Labute approximate surface area is 95.9 Å². The summed E-state index contributed by atoms with van der Waals surface area (Å²) in [6.07, 6.45) is 6.96. The first-order valence-corrected chi connectivity index (χ1v) is 5.54. The maximum atomic E-state index is 5.76. The summed E-state index contributed by atoms with van der Waals surface area (Å²) < 4.78 is 2.14. The van der Waals surface area contributed by atoms with Crippen molar-refractivity contribution in [1.82, 2.24) is 9.55 Å². The van der Waals surface area contributed by atoms with Crippen LogP contribution in [-0.2, 0) is 13.0 Å². The Balaban J connectivity index is 2.03. The first kappa shape index (κ1) is 10.9. The first-order valence-electron chi connectivity index (χ1n) is 5.54. The molecule has 0 aliphatic heterocycles. The van der Waals surface area contributed by atoms with E-state index in [0.717, 1.165) is 18.7 Å². The average molecular weight is 215 g/mol. The van der Waals surface area contributed by atoms with Gasteiger partial charge in [-0.25, -0.2) is 0 Å². The molecule has 1 atom stereocenters. The summed E-state index contributed by atoms with van der Waals surface area (Å²) in [5.41, 5.74) is 8.12. The molecule has 2 N–H and O–H groups in total. The second-order valence-electron chi connectivity index (χ2n) is 4.19. The zero-order valence-corrected chi connectivity index (χ0v) is 9.50. The molecule has 2 aromatic rings. The molecule has 0 aromatic carbocycles. The van der Waals surface area contributed by atoms with E-state index in [2.05, 4.69) is 28.0 Å². The monoisotopic (exact) mass is 215 g/mol. The van der Waals surface area contributed by atoms with Gasteiger partial charge in [-0.2, -0.15) is 0 Å². The zero-order chi connectivity index (χ0) is 11.4. The van der Waals surface area contributed by atoms with Crippen LogP contribution in [0.25, 0.3) is 0 Å². The van der Waals surface area contributed by atoms with Crippen LogP contribution in [0.4, 0.5) is 0 Å². The molecule has 0 radical (unpaired) electrons. The van der Waals surface area contributed by atoms with Crippen LogP contribution in [0.5, 0.6) is 0 Å². The molecule has 0 saturated carbocycles. The van der Waals surface area contributed by atoms with Crippen LogP contribution in [0, 0.1) is 0 Å². The van der Waals surface area contributed by atoms with Crippen LogP contribution in [0.15, 0.2) is 42.9 Å². The summed E-state index contributed by atoms with van der Waals surface area (Å²) in [6.45, 7) is 2.84. The fraction of sp³-hybridized carbons (Fsp3) is 0.308. The van der Waals surface area contributed by atoms with Crippen LogP contribution in [-0.4, -0.2) is 15.6 Å². The van der Waals surface area contributed by atoms with Crippen molar-refractivity contribution in [2.45, 2.75) is 25.9 Å². The third-order valence-electron chi connectivity index (χ3n) is 2.44. The number of hydrogen-bond acceptors (Lipinski definition) is 2. The smallest absolute Gasteiger partial charge is 0.0642 e. The quantitative estimate of drug-likeness (QED) is 0.845. The summed E-state index contributed by atoms with van der Waals surface area (Å²) >= 11 is 0. The Bertz CT molecular complexity index is 431. The lowest BCUT2D eigenvalue weighted by atomic mass is 10.1. The number of hydrogen-bond donors (Lipinski definition) is 1. The molecule has 0 spiro atoms. The Morgan fingerprint density at radius 1 is 1.38 bits per heavy atom. The summed E-state index contributed by atoms with van der Waals surface area (Å²) in [7, 11) is 0. The van der Waals surface area contributed by atoms with Crippen molar-refractivity contribution >= 4 is 0 Å². The molecular formula is C13H17N3. The topological polar surface area (TPSA) is 43.8 Å². The van der Waals surface area contributed by atoms with Crippen LogP contribution >= 0.6 is 0 Å². The predicted octanol–water partition coefficient (Wildman–Crippen LogP) is 1.82. The van der Waals surface area contributed by atoms with Crippen molar-refractivity contribution in [2.24, 2.45) is 5.73 Å². The average Bonchev–Trinajstić information content (AvgIpc) is 2.66. The molecule has 0 bridgehead atoms. The highest BCUT2D eigenvalue weighted by atomic mass is 15.0. The van der Waals surface area contributed by atoms with Crippen LogP contribution in [0.2, 0.25) is 0 Å². The van der Waals surface area contributed by atoms with Gasteiger partial charge in [0, 0.05) is 24.6 Å². The molecule has 0 fully saturated rings. The highest BCUT2D eigenvalue weighted by Crippen LogP contribution is 2.06. The minimum Gasteiger partial charge on any atom is -0.348 e. The number of nitrogens with two attached hydrogens (primary N) is 1. The fourth-order valence-corrected chi connectivity index (χ4v) is 1.76. The van der Waals surface area contributed by atoms with Gasteiger partial charge in [0.25, 0.3) is 0 Å². The standard InChI is InChI=1S/C13H17N3/c1-11(14)8-12-5-7-16(9-12)10-13-4-2-3-6-15-13/h2-7,9,11H,8,10,14H2,1H3. The molecule has 0 amide bonds. The van der Waals surface area contributed by atoms with E-state index in [1.807, 2.05) is 31.3 Å². The maximum absolute atomic E-state index is 5.76. The van der Waals surface area contributed by atoms with Gasteiger partial charge in [-0.3, -0.25) is 4.98 Å². The third-order valence-corrected chi connectivity index (χ3v) is 2.44. The van der Waals surface area contributed by atoms with Gasteiger partial charge in [0.1, 0.15) is 0 Å². The normalized spacial score (nSPS) is 12.6. The summed E-state index contributed by atoms with van der Waals surface area (Å²) in [4.78, 5) is 4.30. The Morgan fingerprint density at radius 2 is 2.25 bits per heavy atom. The molecule has 0 saturated heterocycles. The van der Waals surface area contributed by atoms with Crippen molar-refractivity contribution in [1.29, 1.82) is 0 Å². The van der Waals surface area contributed by atoms with Crippen LogP contribution in [0.3, 0.4) is 0 Å². The largest absolute Gasteiger partial charge is 0.348 e. The van der Waals surface area contributed by atoms with Gasteiger partial charge < -0.3 is 10.3 Å². The van der Waals surface area contributed by atoms with E-state index in [1.165, 1.54) is 5.56 Å². The Hall–Kier alpha value is -1.61. The van der Waals surface area contributed by atoms with Crippen molar-refractivity contribution < 1.29 is 0 Å². The molecular weight excluding hydrogens is 198 g/mol. The molecule has 2 aromatic heterocycles. The maximum Gasteiger partial charge on any atom is 0.0642 e. The molecule has 2 rings (SSSR count). The SMILES string of the molecule is CC(N)Cc1ccn(Cc2ccccn2)c1. The van der Waals surface area contributed by atoms with Crippen LogP contribution < -0.4 is 5.73 Å². The molecule has 16 heavy (non-hydrogen) atoms. The molecule has 0 aliphatic rings. The van der Waals surface area contributed by atoms with Gasteiger partial charge in [0.2, 0.25) is 0 Å². The second kappa shape index (κ2) is 4.94. The number of pyridine rings is 1. The Kier molecular flexibility index (Phi) is 3.37. The number of nitrogens with zero attached hydrogens (tertiary/aromatic N) is 2. The molecule has 3 heteroatoms. The lowest BCUT2D eigenvalue weighted by Crippen LogP contribution is -2.17. The fourth-order valence-electron chi connectivity index (χ4n) is 1.76. The summed E-state index contributed by atoms with van der Waals surface area (Å²) in [5.74, 6) is 0. The van der Waals surface area contributed by atoms with E-state index in [0.29, 0.717) is 0 Å². The van der Waals surface area contributed by atoms with Gasteiger partial charge in [-0.05, 0) is 37.1 Å². The van der Waals surface area contributed by atoms with Crippen molar-refractivity contribution in [3.63, 3.8) is 0 Å². The molecule has 84 valence electrons. The lowest BCUT2D eigenvalue weighted by Gasteiger charge is -2.03. The van der Waals surface area contributed by atoms with E-state index in [4.69, 9.17) is 5.73 Å². The van der Waals surface area contributed by atoms with Crippen molar-refractivity contribution in [3.8, 4) is 0 Å². The summed E-state index contributed by atoms with van der Waals surface area (Å²) in [5, 5.41) is 0. The van der Waals surface area contributed by atoms with Crippen molar-refractivity contribution in [2.75, 3.05) is 0 Å². The number of aromatic nitrogens is 2. The van der Waals surface area contributed by atoms with Crippen molar-refractivity contribution in [3.05, 3.63) is 54.1 Å².